The number of hydrogen-bond donors (Lipinski definition) is 0. The third kappa shape index (κ3) is 3.86. The highest BCUT2D eigenvalue weighted by Gasteiger charge is 2.46. The molecule has 7 nitrogen and oxygen atoms in total. The van der Waals surface area contributed by atoms with E-state index >= 15 is 0 Å². The Morgan fingerprint density at radius 1 is 1.07 bits per heavy atom. The quantitative estimate of drug-likeness (QED) is 0.758. The molecule has 0 bridgehead atoms. The molecule has 0 radical (unpaired) electrons. The molecule has 30 heavy (non-hydrogen) atoms. The maximum Gasteiger partial charge on any atom is 0.247 e. The van der Waals surface area contributed by atoms with Gasteiger partial charge in [0.1, 0.15) is 12.1 Å². The minimum atomic E-state index is -0.392. The Bertz CT molecular complexity index is 923. The zero-order chi connectivity index (χ0) is 21.4. The van der Waals surface area contributed by atoms with Crippen molar-refractivity contribution in [3.8, 4) is 11.3 Å². The first-order valence-electron chi connectivity index (χ1n) is 10.7. The summed E-state index contributed by atoms with van der Waals surface area (Å²) in [5.74, 6) is 0.523. The number of piperazine rings is 2. The van der Waals surface area contributed by atoms with E-state index in [1.807, 2.05) is 41.0 Å². The number of fused-ring (bicyclic) bond motifs is 1. The highest BCUT2D eigenvalue weighted by atomic mass is 16.2. The number of likely N-dealkylation sites (N-methyl/N-ethyl adjacent to an activating group) is 1. The van der Waals surface area contributed by atoms with Gasteiger partial charge in [-0.15, -0.1) is 0 Å². The molecule has 0 aliphatic carbocycles. The van der Waals surface area contributed by atoms with Gasteiger partial charge in [-0.2, -0.15) is 5.10 Å². The van der Waals surface area contributed by atoms with E-state index in [2.05, 4.69) is 36.0 Å². The highest BCUT2D eigenvalue weighted by molar-refractivity contribution is 5.97. The van der Waals surface area contributed by atoms with Crippen LogP contribution in [0.4, 0.5) is 0 Å². The van der Waals surface area contributed by atoms with Crippen molar-refractivity contribution in [3.05, 3.63) is 42.1 Å². The smallest absolute Gasteiger partial charge is 0.247 e. The van der Waals surface area contributed by atoms with Crippen LogP contribution in [0.15, 0.2) is 36.5 Å². The van der Waals surface area contributed by atoms with Gasteiger partial charge in [-0.05, 0) is 12.3 Å². The fraction of sp³-hybridized carbons (Fsp3) is 0.522. The van der Waals surface area contributed by atoms with Crippen molar-refractivity contribution in [1.82, 2.24) is 24.5 Å². The van der Waals surface area contributed by atoms with Crippen LogP contribution >= 0.6 is 0 Å². The summed E-state index contributed by atoms with van der Waals surface area (Å²) in [6.07, 6.45) is 2.76. The Balaban J connectivity index is 1.51. The maximum absolute atomic E-state index is 13.1. The van der Waals surface area contributed by atoms with Crippen LogP contribution in [0.25, 0.3) is 11.3 Å². The van der Waals surface area contributed by atoms with Crippen LogP contribution in [0.2, 0.25) is 0 Å². The fourth-order valence-corrected chi connectivity index (χ4v) is 4.64. The zero-order valence-electron chi connectivity index (χ0n) is 18.3. The number of hydrogen-bond acceptors (Lipinski definition) is 4. The normalized spacial score (nSPS) is 22.7. The monoisotopic (exact) mass is 409 g/mol. The van der Waals surface area contributed by atoms with Crippen molar-refractivity contribution >= 4 is 11.8 Å². The topological polar surface area (TPSA) is 61.7 Å². The fourth-order valence-electron chi connectivity index (χ4n) is 4.64. The largest absolute Gasteiger partial charge is 0.332 e. The summed E-state index contributed by atoms with van der Waals surface area (Å²) in [4.78, 5) is 31.9. The van der Waals surface area contributed by atoms with Gasteiger partial charge in [-0.25, -0.2) is 0 Å². The molecule has 2 aliphatic heterocycles. The van der Waals surface area contributed by atoms with E-state index in [1.165, 1.54) is 0 Å². The molecule has 2 fully saturated rings. The van der Waals surface area contributed by atoms with Crippen molar-refractivity contribution < 1.29 is 9.59 Å². The molecule has 0 N–H and O–H groups in total. The first-order chi connectivity index (χ1) is 14.3. The van der Waals surface area contributed by atoms with Crippen LogP contribution in [0.1, 0.15) is 25.8 Å². The number of aryl methyl sites for hydroxylation is 1. The number of rotatable bonds is 5. The first kappa shape index (κ1) is 20.6. The lowest BCUT2D eigenvalue weighted by molar-refractivity contribution is -0.164. The molecule has 0 unspecified atom stereocenters. The predicted octanol–water partition coefficient (Wildman–Crippen LogP) is 1.99. The Labute approximate surface area is 178 Å². The minimum absolute atomic E-state index is 0.0550. The van der Waals surface area contributed by atoms with Crippen LogP contribution in [0, 0.1) is 5.92 Å². The van der Waals surface area contributed by atoms with Gasteiger partial charge in [0.05, 0.1) is 5.69 Å². The van der Waals surface area contributed by atoms with Gasteiger partial charge >= 0.3 is 0 Å². The Morgan fingerprint density at radius 2 is 1.80 bits per heavy atom. The SMILES string of the molecule is CC(C)C[C@H]1C(=O)N2CCN(Cc3cn(C)nc3-c3ccccc3)C[C@@H]2C(=O)N1C. The summed E-state index contributed by atoms with van der Waals surface area (Å²) in [7, 11) is 3.71. The molecule has 2 aliphatic rings. The van der Waals surface area contributed by atoms with Crippen molar-refractivity contribution in [2.45, 2.75) is 38.9 Å². The summed E-state index contributed by atoms with van der Waals surface area (Å²) in [5.41, 5.74) is 3.20. The van der Waals surface area contributed by atoms with E-state index in [0.29, 0.717) is 32.0 Å². The van der Waals surface area contributed by atoms with Gasteiger partial charge in [0, 0.05) is 57.6 Å². The lowest BCUT2D eigenvalue weighted by Crippen LogP contribution is -2.69. The van der Waals surface area contributed by atoms with Crippen molar-refractivity contribution in [1.29, 1.82) is 0 Å². The summed E-state index contributed by atoms with van der Waals surface area (Å²) in [6, 6.07) is 9.44. The molecule has 4 rings (SSSR count). The van der Waals surface area contributed by atoms with E-state index < -0.39 is 6.04 Å². The lowest BCUT2D eigenvalue weighted by Gasteiger charge is -2.48. The molecule has 2 saturated heterocycles. The Morgan fingerprint density at radius 3 is 2.50 bits per heavy atom. The number of carbonyl (C=O) groups excluding carboxylic acids is 2. The molecule has 2 atom stereocenters. The Kier molecular flexibility index (Phi) is 5.64. The van der Waals surface area contributed by atoms with E-state index in [0.717, 1.165) is 23.4 Å². The summed E-state index contributed by atoms with van der Waals surface area (Å²) < 4.78 is 1.84. The summed E-state index contributed by atoms with van der Waals surface area (Å²) in [5, 5.41) is 4.65. The second-order valence-electron chi connectivity index (χ2n) is 8.92. The molecule has 0 saturated carbocycles. The average molecular weight is 410 g/mol. The number of amides is 2. The van der Waals surface area contributed by atoms with E-state index in [-0.39, 0.29) is 17.9 Å². The van der Waals surface area contributed by atoms with Crippen LogP contribution in [0.5, 0.6) is 0 Å². The van der Waals surface area contributed by atoms with Crippen LogP contribution in [-0.4, -0.2) is 75.1 Å². The molecule has 160 valence electrons. The summed E-state index contributed by atoms with van der Waals surface area (Å²) >= 11 is 0. The molecule has 3 heterocycles. The molecule has 2 amide bonds. The number of nitrogens with zero attached hydrogens (tertiary/aromatic N) is 5. The second kappa shape index (κ2) is 8.22. The zero-order valence-corrected chi connectivity index (χ0v) is 18.3. The van der Waals surface area contributed by atoms with Crippen molar-refractivity contribution in [2.75, 3.05) is 26.7 Å². The van der Waals surface area contributed by atoms with Gasteiger partial charge < -0.3 is 9.80 Å². The highest BCUT2D eigenvalue weighted by Crippen LogP contribution is 2.27. The standard InChI is InChI=1S/C23H31N5O2/c1-16(2)12-19-23(30)28-11-10-27(15-20(28)22(29)26(19)4)14-18-13-25(3)24-21(18)17-8-6-5-7-9-17/h5-9,13,16,19-20H,10-12,14-15H2,1-4H3/t19-,20+/m0/s1. The second-order valence-corrected chi connectivity index (χ2v) is 8.92. The molecule has 7 heteroatoms. The number of benzene rings is 1. The predicted molar refractivity (Wildman–Crippen MR) is 115 cm³/mol. The van der Waals surface area contributed by atoms with Crippen LogP contribution in [0.3, 0.4) is 0 Å². The van der Waals surface area contributed by atoms with Gasteiger partial charge in [-0.1, -0.05) is 44.2 Å². The van der Waals surface area contributed by atoms with Gasteiger partial charge in [-0.3, -0.25) is 19.2 Å². The lowest BCUT2D eigenvalue weighted by atomic mass is 9.95. The molecular formula is C23H31N5O2. The van der Waals surface area contributed by atoms with Gasteiger partial charge in [0.15, 0.2) is 0 Å². The Hall–Kier alpha value is -2.67. The molecule has 1 aromatic carbocycles. The molecule has 1 aromatic heterocycles. The average Bonchev–Trinajstić information content (AvgIpc) is 3.10. The molecular weight excluding hydrogens is 378 g/mol. The minimum Gasteiger partial charge on any atom is -0.332 e. The van der Waals surface area contributed by atoms with Crippen molar-refractivity contribution in [2.24, 2.45) is 13.0 Å². The van der Waals surface area contributed by atoms with Gasteiger partial charge in [0.2, 0.25) is 11.8 Å². The van der Waals surface area contributed by atoms with E-state index in [1.54, 1.807) is 11.9 Å². The first-order valence-corrected chi connectivity index (χ1v) is 10.7. The van der Waals surface area contributed by atoms with Crippen LogP contribution < -0.4 is 0 Å². The number of aromatic nitrogens is 2. The molecule has 0 spiro atoms. The third-order valence-electron chi connectivity index (χ3n) is 6.17. The van der Waals surface area contributed by atoms with Crippen molar-refractivity contribution in [3.63, 3.8) is 0 Å². The molecule has 2 aromatic rings. The van der Waals surface area contributed by atoms with Gasteiger partial charge in [0.25, 0.3) is 0 Å². The maximum atomic E-state index is 13.1. The number of carbonyl (C=O) groups is 2. The van der Waals surface area contributed by atoms with E-state index in [9.17, 15) is 9.59 Å². The summed E-state index contributed by atoms with van der Waals surface area (Å²) in [6.45, 7) is 6.81. The van der Waals surface area contributed by atoms with E-state index in [4.69, 9.17) is 0 Å². The van der Waals surface area contributed by atoms with Crippen LogP contribution in [-0.2, 0) is 23.2 Å². The third-order valence-corrected chi connectivity index (χ3v) is 6.17.